The van der Waals surface area contributed by atoms with Gasteiger partial charge in [-0.1, -0.05) is 25.7 Å². The lowest BCUT2D eigenvalue weighted by molar-refractivity contribution is 0.458. The van der Waals surface area contributed by atoms with E-state index in [-0.39, 0.29) is 0 Å². The van der Waals surface area contributed by atoms with Crippen molar-refractivity contribution in [2.45, 2.75) is 50.9 Å². The molecule has 0 saturated heterocycles. The highest BCUT2D eigenvalue weighted by atomic mass is 35.5. The van der Waals surface area contributed by atoms with Crippen LogP contribution in [0.4, 0.5) is 0 Å². The van der Waals surface area contributed by atoms with Crippen LogP contribution in [-0.2, 0) is 12.4 Å². The fraction of sp³-hybridized carbons (Fsp3) is 0.600. The van der Waals surface area contributed by atoms with Crippen molar-refractivity contribution in [3.05, 3.63) is 24.2 Å². The van der Waals surface area contributed by atoms with Crippen LogP contribution in [0.1, 0.15) is 44.3 Å². The molecule has 0 aromatic carbocycles. The third-order valence-electron chi connectivity index (χ3n) is 4.17. The molecule has 1 aliphatic rings. The molecule has 2 aromatic heterocycles. The summed E-state index contributed by atoms with van der Waals surface area (Å²) in [5.41, 5.74) is 1.93. The summed E-state index contributed by atoms with van der Waals surface area (Å²) in [6.07, 6.45) is 10.1. The van der Waals surface area contributed by atoms with E-state index in [4.69, 9.17) is 11.6 Å². The molecular formula is C15H20ClN3. The fourth-order valence-electron chi connectivity index (χ4n) is 3.18. The number of pyridine rings is 1. The second-order valence-electron chi connectivity index (χ2n) is 5.45. The SMILES string of the molecule is ClCc1nc2cccnc2n1CCCC1CCCC1. The van der Waals surface area contributed by atoms with E-state index in [9.17, 15) is 0 Å². The topological polar surface area (TPSA) is 30.7 Å². The maximum atomic E-state index is 6.00. The van der Waals surface area contributed by atoms with E-state index in [1.54, 1.807) is 0 Å². The Balaban J connectivity index is 1.71. The van der Waals surface area contributed by atoms with Crippen LogP contribution in [-0.4, -0.2) is 14.5 Å². The van der Waals surface area contributed by atoms with Gasteiger partial charge in [0.2, 0.25) is 0 Å². The first-order valence-corrected chi connectivity index (χ1v) is 7.78. The van der Waals surface area contributed by atoms with Crippen molar-refractivity contribution < 1.29 is 0 Å². The lowest BCUT2D eigenvalue weighted by Crippen LogP contribution is -2.05. The van der Waals surface area contributed by atoms with Gasteiger partial charge in [-0.05, 0) is 30.9 Å². The number of hydrogen-bond acceptors (Lipinski definition) is 2. The smallest absolute Gasteiger partial charge is 0.160 e. The third kappa shape index (κ3) is 2.76. The lowest BCUT2D eigenvalue weighted by Gasteiger charge is -2.10. The van der Waals surface area contributed by atoms with Crippen molar-refractivity contribution in [2.24, 2.45) is 5.92 Å². The number of imidazole rings is 1. The number of nitrogens with zero attached hydrogens (tertiary/aromatic N) is 3. The van der Waals surface area contributed by atoms with E-state index in [0.717, 1.165) is 29.5 Å². The Hall–Kier alpha value is -1.09. The van der Waals surface area contributed by atoms with Crippen molar-refractivity contribution in [2.75, 3.05) is 0 Å². The average Bonchev–Trinajstić information content (AvgIpc) is 3.06. The van der Waals surface area contributed by atoms with Gasteiger partial charge < -0.3 is 4.57 Å². The van der Waals surface area contributed by atoms with Crippen LogP contribution in [0, 0.1) is 5.92 Å². The van der Waals surface area contributed by atoms with Crippen molar-refractivity contribution in [1.82, 2.24) is 14.5 Å². The van der Waals surface area contributed by atoms with E-state index in [0.29, 0.717) is 5.88 Å². The van der Waals surface area contributed by atoms with Crippen molar-refractivity contribution in [3.63, 3.8) is 0 Å². The van der Waals surface area contributed by atoms with Gasteiger partial charge >= 0.3 is 0 Å². The fourth-order valence-corrected chi connectivity index (χ4v) is 3.38. The maximum Gasteiger partial charge on any atom is 0.160 e. The lowest BCUT2D eigenvalue weighted by atomic mass is 10.0. The van der Waals surface area contributed by atoms with Gasteiger partial charge in [-0.15, -0.1) is 11.6 Å². The molecule has 3 rings (SSSR count). The molecule has 2 aromatic rings. The molecule has 0 amide bonds. The van der Waals surface area contributed by atoms with Gasteiger partial charge in [0.1, 0.15) is 11.3 Å². The normalized spacial score (nSPS) is 16.5. The summed E-state index contributed by atoms with van der Waals surface area (Å²) in [5.74, 6) is 2.35. The standard InChI is InChI=1S/C15H20ClN3/c16-11-14-18-13-8-3-9-17-15(13)19(14)10-4-7-12-5-1-2-6-12/h3,8-9,12H,1-2,4-7,10-11H2. The minimum Gasteiger partial charge on any atom is -0.312 e. The zero-order valence-electron chi connectivity index (χ0n) is 11.2. The molecule has 1 fully saturated rings. The molecule has 19 heavy (non-hydrogen) atoms. The second-order valence-corrected chi connectivity index (χ2v) is 5.72. The van der Waals surface area contributed by atoms with E-state index in [1.807, 2.05) is 18.3 Å². The molecule has 0 aliphatic heterocycles. The first-order chi connectivity index (χ1) is 9.38. The Morgan fingerprint density at radius 1 is 1.32 bits per heavy atom. The molecule has 1 aliphatic carbocycles. The monoisotopic (exact) mass is 277 g/mol. The zero-order chi connectivity index (χ0) is 13.1. The molecule has 2 heterocycles. The largest absolute Gasteiger partial charge is 0.312 e. The molecular weight excluding hydrogens is 258 g/mol. The molecule has 3 nitrogen and oxygen atoms in total. The highest BCUT2D eigenvalue weighted by Crippen LogP contribution is 2.29. The molecule has 102 valence electrons. The van der Waals surface area contributed by atoms with Gasteiger partial charge in [0.15, 0.2) is 5.65 Å². The number of aryl methyl sites for hydroxylation is 1. The molecule has 4 heteroatoms. The maximum absolute atomic E-state index is 6.00. The highest BCUT2D eigenvalue weighted by molar-refractivity contribution is 6.16. The Kier molecular flexibility index (Phi) is 4.02. The summed E-state index contributed by atoms with van der Waals surface area (Å²) >= 11 is 6.00. The van der Waals surface area contributed by atoms with Crippen LogP contribution in [0.15, 0.2) is 18.3 Å². The van der Waals surface area contributed by atoms with E-state index in [2.05, 4.69) is 14.5 Å². The van der Waals surface area contributed by atoms with E-state index >= 15 is 0 Å². The van der Waals surface area contributed by atoms with Crippen LogP contribution >= 0.6 is 11.6 Å². The Labute approximate surface area is 119 Å². The molecule has 0 radical (unpaired) electrons. The third-order valence-corrected chi connectivity index (χ3v) is 4.41. The van der Waals surface area contributed by atoms with Gasteiger partial charge in [-0.25, -0.2) is 9.97 Å². The predicted octanol–water partition coefficient (Wildman–Crippen LogP) is 4.14. The highest BCUT2D eigenvalue weighted by Gasteiger charge is 2.15. The molecule has 0 N–H and O–H groups in total. The minimum absolute atomic E-state index is 0.458. The number of hydrogen-bond donors (Lipinski definition) is 0. The van der Waals surface area contributed by atoms with Crippen LogP contribution in [0.5, 0.6) is 0 Å². The zero-order valence-corrected chi connectivity index (χ0v) is 11.9. The van der Waals surface area contributed by atoms with Gasteiger partial charge in [0, 0.05) is 12.7 Å². The number of rotatable bonds is 5. The molecule has 1 saturated carbocycles. The number of alkyl halides is 1. The molecule has 0 atom stereocenters. The Bertz CT molecular complexity index is 543. The van der Waals surface area contributed by atoms with Crippen LogP contribution in [0.25, 0.3) is 11.2 Å². The van der Waals surface area contributed by atoms with Gasteiger partial charge in [0.05, 0.1) is 5.88 Å². The predicted molar refractivity (Wildman–Crippen MR) is 78.3 cm³/mol. The van der Waals surface area contributed by atoms with Crippen LogP contribution in [0.2, 0.25) is 0 Å². The second kappa shape index (κ2) is 5.91. The summed E-state index contributed by atoms with van der Waals surface area (Å²) in [6, 6.07) is 3.93. The molecule has 0 unspecified atom stereocenters. The molecule has 0 spiro atoms. The number of fused-ring (bicyclic) bond motifs is 1. The first kappa shape index (κ1) is 12.9. The summed E-state index contributed by atoms with van der Waals surface area (Å²) in [5, 5.41) is 0. The van der Waals surface area contributed by atoms with E-state index < -0.39 is 0 Å². The summed E-state index contributed by atoms with van der Waals surface area (Å²) in [4.78, 5) is 8.99. The van der Waals surface area contributed by atoms with Crippen molar-refractivity contribution >= 4 is 22.8 Å². The van der Waals surface area contributed by atoms with E-state index in [1.165, 1.54) is 38.5 Å². The van der Waals surface area contributed by atoms with Crippen LogP contribution in [0.3, 0.4) is 0 Å². The Morgan fingerprint density at radius 2 is 2.16 bits per heavy atom. The average molecular weight is 278 g/mol. The van der Waals surface area contributed by atoms with Gasteiger partial charge in [0.25, 0.3) is 0 Å². The van der Waals surface area contributed by atoms with Crippen molar-refractivity contribution in [3.8, 4) is 0 Å². The van der Waals surface area contributed by atoms with Crippen LogP contribution < -0.4 is 0 Å². The molecule has 0 bridgehead atoms. The van der Waals surface area contributed by atoms with Gasteiger partial charge in [-0.2, -0.15) is 0 Å². The number of halogens is 1. The first-order valence-electron chi connectivity index (χ1n) is 7.24. The minimum atomic E-state index is 0.458. The van der Waals surface area contributed by atoms with Gasteiger partial charge in [-0.3, -0.25) is 0 Å². The summed E-state index contributed by atoms with van der Waals surface area (Å²) in [7, 11) is 0. The Morgan fingerprint density at radius 3 is 2.95 bits per heavy atom. The summed E-state index contributed by atoms with van der Waals surface area (Å²) < 4.78 is 2.19. The summed E-state index contributed by atoms with van der Waals surface area (Å²) in [6.45, 7) is 0.992. The van der Waals surface area contributed by atoms with Crippen molar-refractivity contribution in [1.29, 1.82) is 0 Å². The number of aromatic nitrogens is 3. The quantitative estimate of drug-likeness (QED) is 0.769.